The van der Waals surface area contributed by atoms with Gasteiger partial charge in [-0.2, -0.15) is 0 Å². The molecule has 238 valence electrons. The summed E-state index contributed by atoms with van der Waals surface area (Å²) in [6, 6.07) is 7.38. The van der Waals surface area contributed by atoms with Crippen LogP contribution in [0, 0.1) is 20.8 Å². The Morgan fingerprint density at radius 2 is 1.72 bits per heavy atom. The number of aliphatic hydroxyl groups is 1. The van der Waals surface area contributed by atoms with Crippen molar-refractivity contribution in [3.63, 3.8) is 0 Å². The number of methoxy groups -OCH3 is 1. The molecule has 10 nitrogen and oxygen atoms in total. The van der Waals surface area contributed by atoms with Crippen molar-refractivity contribution in [2.45, 2.75) is 46.6 Å². The normalized spacial score (nSPS) is 16.7. The van der Waals surface area contributed by atoms with Crippen molar-refractivity contribution in [1.82, 2.24) is 5.32 Å². The van der Waals surface area contributed by atoms with Gasteiger partial charge in [0.25, 0.3) is 5.91 Å². The Bertz CT molecular complexity index is 1960. The van der Waals surface area contributed by atoms with Gasteiger partial charge in [-0.25, -0.2) is 4.79 Å². The van der Waals surface area contributed by atoms with Crippen molar-refractivity contribution < 1.29 is 43.6 Å². The van der Waals surface area contributed by atoms with Crippen molar-refractivity contribution in [2.75, 3.05) is 7.11 Å². The SMILES string of the molecule is COc1cc(O)c2c(c1C(=O)NCc1c(C)cc(C(=O)Oc3ccc(Cl)cc3Cl)c(C)c1C)OC1=CC(O)=C(C(C)=O)C(=O)[C@]12C. The number of ether oxygens (including phenoxy) is 3. The maximum absolute atomic E-state index is 13.8. The third-order valence-corrected chi connectivity index (χ3v) is 8.96. The number of carbonyl (C=O) groups is 4. The lowest BCUT2D eigenvalue weighted by Crippen LogP contribution is -2.38. The van der Waals surface area contributed by atoms with Crippen LogP contribution in [0.2, 0.25) is 10.0 Å². The lowest BCUT2D eigenvalue weighted by atomic mass is 9.71. The Balaban J connectivity index is 1.46. The topological polar surface area (TPSA) is 148 Å². The molecule has 3 aromatic rings. The van der Waals surface area contributed by atoms with Crippen LogP contribution < -0.4 is 19.5 Å². The van der Waals surface area contributed by atoms with Crippen molar-refractivity contribution in [3.8, 4) is 23.0 Å². The third kappa shape index (κ3) is 5.17. The van der Waals surface area contributed by atoms with Crippen molar-refractivity contribution >= 4 is 46.6 Å². The molecule has 3 aromatic carbocycles. The number of amides is 1. The van der Waals surface area contributed by atoms with E-state index in [0.717, 1.165) is 24.1 Å². The first kappa shape index (κ1) is 32.6. The number of nitrogens with one attached hydrogen (secondary N) is 1. The highest BCUT2D eigenvalue weighted by Crippen LogP contribution is 2.56. The molecule has 3 N–H and O–H groups in total. The molecule has 0 radical (unpaired) electrons. The van der Waals surface area contributed by atoms with Crippen LogP contribution in [-0.4, -0.2) is 40.8 Å². The number of hydrogen-bond donors (Lipinski definition) is 3. The second kappa shape index (κ2) is 11.9. The number of fused-ring (bicyclic) bond motifs is 3. The Kier molecular flexibility index (Phi) is 8.40. The zero-order valence-corrected chi connectivity index (χ0v) is 27.2. The van der Waals surface area contributed by atoms with Crippen LogP contribution >= 0.6 is 23.2 Å². The lowest BCUT2D eigenvalue weighted by molar-refractivity contribution is -0.123. The van der Waals surface area contributed by atoms with Gasteiger partial charge in [-0.05, 0) is 81.1 Å². The molecule has 0 unspecified atom stereocenters. The quantitative estimate of drug-likeness (QED) is 0.150. The fourth-order valence-corrected chi connectivity index (χ4v) is 6.26. The molecule has 0 saturated heterocycles. The van der Waals surface area contributed by atoms with Gasteiger partial charge in [0.05, 0.1) is 23.3 Å². The van der Waals surface area contributed by atoms with Crippen LogP contribution in [0.25, 0.3) is 0 Å². The minimum absolute atomic E-state index is 0.0309. The first-order chi connectivity index (χ1) is 21.6. The molecule has 0 saturated carbocycles. The Labute approximate surface area is 274 Å². The number of phenolic OH excluding ortho intramolecular Hbond substituents is 1. The largest absolute Gasteiger partial charge is 0.507 e. The Hall–Kier alpha value is -4.80. The second-order valence-electron chi connectivity index (χ2n) is 11.2. The van der Waals surface area contributed by atoms with E-state index in [2.05, 4.69) is 5.32 Å². The van der Waals surface area contributed by atoms with Crippen LogP contribution in [0.1, 0.15) is 62.4 Å². The average molecular weight is 667 g/mol. The van der Waals surface area contributed by atoms with Crippen molar-refractivity contribution in [2.24, 2.45) is 0 Å². The van der Waals surface area contributed by atoms with Crippen LogP contribution in [0.3, 0.4) is 0 Å². The fraction of sp³-hybridized carbons (Fsp3) is 0.235. The van der Waals surface area contributed by atoms with E-state index >= 15 is 0 Å². The third-order valence-electron chi connectivity index (χ3n) is 8.43. The number of aromatic hydroxyl groups is 1. The Morgan fingerprint density at radius 3 is 2.35 bits per heavy atom. The van der Waals surface area contributed by atoms with E-state index in [0.29, 0.717) is 21.7 Å². The predicted molar refractivity (Wildman–Crippen MR) is 169 cm³/mol. The number of halogens is 2. The summed E-state index contributed by atoms with van der Waals surface area (Å²) in [4.78, 5) is 52.6. The van der Waals surface area contributed by atoms with Gasteiger partial charge in [-0.1, -0.05) is 23.2 Å². The number of benzene rings is 3. The molecule has 1 aliphatic heterocycles. The van der Waals surface area contributed by atoms with Gasteiger partial charge < -0.3 is 29.7 Å². The first-order valence-electron chi connectivity index (χ1n) is 14.0. The van der Waals surface area contributed by atoms with Gasteiger partial charge in [-0.15, -0.1) is 0 Å². The van der Waals surface area contributed by atoms with Crippen molar-refractivity contribution in [3.05, 3.63) is 102 Å². The maximum atomic E-state index is 13.8. The summed E-state index contributed by atoms with van der Waals surface area (Å²) in [5.74, 6) is -3.73. The summed E-state index contributed by atoms with van der Waals surface area (Å²) in [7, 11) is 1.31. The van der Waals surface area contributed by atoms with Crippen LogP contribution in [0.4, 0.5) is 0 Å². The van der Waals surface area contributed by atoms with Gasteiger partial charge in [0, 0.05) is 23.7 Å². The van der Waals surface area contributed by atoms with Crippen LogP contribution in [0.5, 0.6) is 23.0 Å². The number of allylic oxidation sites excluding steroid dienone is 3. The summed E-state index contributed by atoms with van der Waals surface area (Å²) in [6.45, 7) is 7.98. The first-order valence-corrected chi connectivity index (χ1v) is 14.8. The van der Waals surface area contributed by atoms with Crippen LogP contribution in [0.15, 0.2) is 53.5 Å². The van der Waals surface area contributed by atoms with E-state index in [1.165, 1.54) is 32.2 Å². The number of aliphatic hydroxyl groups excluding tert-OH is 1. The van der Waals surface area contributed by atoms with Gasteiger partial charge in [0.1, 0.15) is 45.3 Å². The molecule has 1 amide bonds. The molecule has 1 heterocycles. The maximum Gasteiger partial charge on any atom is 0.343 e. The monoisotopic (exact) mass is 665 g/mol. The molecule has 0 fully saturated rings. The summed E-state index contributed by atoms with van der Waals surface area (Å²) in [5, 5.41) is 24.8. The molecular formula is C34H29Cl2NO9. The van der Waals surface area contributed by atoms with Gasteiger partial charge in [-0.3, -0.25) is 14.4 Å². The lowest BCUT2D eigenvalue weighted by Gasteiger charge is -2.27. The molecule has 46 heavy (non-hydrogen) atoms. The van der Waals surface area contributed by atoms with E-state index in [9.17, 15) is 29.4 Å². The molecular weight excluding hydrogens is 637 g/mol. The second-order valence-corrected chi connectivity index (χ2v) is 12.0. The highest BCUT2D eigenvalue weighted by atomic mass is 35.5. The number of carbonyl (C=O) groups excluding carboxylic acids is 4. The Morgan fingerprint density at radius 1 is 1.02 bits per heavy atom. The summed E-state index contributed by atoms with van der Waals surface area (Å²) in [5.41, 5.74) is 0.869. The van der Waals surface area contributed by atoms with Crippen LogP contribution in [-0.2, 0) is 21.5 Å². The molecule has 0 aromatic heterocycles. The molecule has 0 bridgehead atoms. The van der Waals surface area contributed by atoms with E-state index in [1.54, 1.807) is 26.0 Å². The standard InChI is InChI=1S/C34H29Cl2NO9/c1-14-9-19(33(43)45-24-8-7-18(35)10-21(24)36)15(2)16(3)20(14)13-37-32(42)28-25(44-6)11-23(40)29-30(28)46-26-12-22(39)27(17(4)38)31(41)34(26,29)5/h7-12,39-40H,13H2,1-6H3,(H,37,42)/t34-/m1/s1. The number of Topliss-reactive ketones (excluding diaryl/α,β-unsaturated/α-hetero) is 2. The molecule has 12 heteroatoms. The average Bonchev–Trinajstić information content (AvgIpc) is 3.29. The van der Waals surface area contributed by atoms with E-state index in [4.69, 9.17) is 37.4 Å². The molecule has 2 aliphatic rings. The van der Waals surface area contributed by atoms with Gasteiger partial charge in [0.2, 0.25) is 0 Å². The zero-order chi connectivity index (χ0) is 33.8. The van der Waals surface area contributed by atoms with E-state index in [1.807, 2.05) is 6.92 Å². The summed E-state index contributed by atoms with van der Waals surface area (Å²) < 4.78 is 16.9. The number of hydrogen-bond acceptors (Lipinski definition) is 9. The molecule has 5 rings (SSSR count). The molecule has 1 aliphatic carbocycles. The van der Waals surface area contributed by atoms with Gasteiger partial charge >= 0.3 is 5.97 Å². The van der Waals surface area contributed by atoms with Crippen molar-refractivity contribution in [1.29, 1.82) is 0 Å². The van der Waals surface area contributed by atoms with E-state index < -0.39 is 45.9 Å². The summed E-state index contributed by atoms with van der Waals surface area (Å²) >= 11 is 12.1. The van der Waals surface area contributed by atoms with E-state index in [-0.39, 0.29) is 45.7 Å². The highest BCUT2D eigenvalue weighted by Gasteiger charge is 2.55. The summed E-state index contributed by atoms with van der Waals surface area (Å²) in [6.07, 6.45) is 1.13. The zero-order valence-electron chi connectivity index (χ0n) is 25.7. The number of ketones is 2. The van der Waals surface area contributed by atoms with Gasteiger partial charge in [0.15, 0.2) is 17.3 Å². The fourth-order valence-electron chi connectivity index (χ4n) is 5.81. The highest BCUT2D eigenvalue weighted by molar-refractivity contribution is 6.35. The molecule has 1 atom stereocenters. The minimum Gasteiger partial charge on any atom is -0.507 e. The number of phenols is 1. The molecule has 0 spiro atoms. The minimum atomic E-state index is -1.68. The number of esters is 1. The number of rotatable bonds is 7. The number of aryl methyl sites for hydroxylation is 1. The predicted octanol–water partition coefficient (Wildman–Crippen LogP) is 6.30. The smallest absolute Gasteiger partial charge is 0.343 e.